The molecule has 114 valence electrons. The maximum Gasteiger partial charge on any atom is 0.310 e. The molecule has 21 heavy (non-hydrogen) atoms. The molecule has 1 aliphatic rings. The minimum Gasteiger partial charge on any atom is -0.466 e. The molecule has 0 aliphatic carbocycles. The molecule has 0 N–H and O–H groups in total. The second-order valence-corrected chi connectivity index (χ2v) is 5.60. The third-order valence-corrected chi connectivity index (χ3v) is 3.86. The number of hydrogen-bond acceptors (Lipinski definition) is 4. The van der Waals surface area contributed by atoms with E-state index in [0.29, 0.717) is 19.7 Å². The molecule has 0 radical (unpaired) electrons. The van der Waals surface area contributed by atoms with Crippen LogP contribution >= 0.6 is 23.2 Å². The quantitative estimate of drug-likeness (QED) is 0.631. The second-order valence-electron chi connectivity index (χ2n) is 4.81. The first-order valence-electron chi connectivity index (χ1n) is 6.81. The minimum atomic E-state index is -0.309. The first-order chi connectivity index (χ1) is 10.0. The first-order valence-corrected chi connectivity index (χ1v) is 7.56. The Morgan fingerprint density at radius 2 is 2.19 bits per heavy atom. The van der Waals surface area contributed by atoms with Gasteiger partial charge >= 0.3 is 5.97 Å². The van der Waals surface area contributed by atoms with Gasteiger partial charge in [0.25, 0.3) is 5.91 Å². The summed E-state index contributed by atoms with van der Waals surface area (Å²) in [6, 6.07) is 3.06. The Labute approximate surface area is 133 Å². The van der Waals surface area contributed by atoms with Gasteiger partial charge in [0.1, 0.15) is 10.8 Å². The summed E-state index contributed by atoms with van der Waals surface area (Å²) in [4.78, 5) is 29.8. The fourth-order valence-electron chi connectivity index (χ4n) is 2.33. The van der Waals surface area contributed by atoms with E-state index in [4.69, 9.17) is 27.9 Å². The van der Waals surface area contributed by atoms with Crippen LogP contribution in [0.15, 0.2) is 12.1 Å². The molecular weight excluding hydrogens is 315 g/mol. The number of carbonyl (C=O) groups is 2. The molecule has 1 atom stereocenters. The van der Waals surface area contributed by atoms with Gasteiger partial charge in [0, 0.05) is 13.1 Å². The van der Waals surface area contributed by atoms with Crippen LogP contribution in [0, 0.1) is 5.92 Å². The number of hydrogen-bond donors (Lipinski definition) is 0. The molecule has 1 aromatic heterocycles. The summed E-state index contributed by atoms with van der Waals surface area (Å²) in [7, 11) is 0. The van der Waals surface area contributed by atoms with Crippen molar-refractivity contribution in [1.29, 1.82) is 0 Å². The molecule has 1 aliphatic heterocycles. The maximum atomic E-state index is 12.5. The summed E-state index contributed by atoms with van der Waals surface area (Å²) in [6.45, 7) is 2.99. The Kier molecular flexibility index (Phi) is 5.42. The average molecular weight is 331 g/mol. The van der Waals surface area contributed by atoms with Crippen LogP contribution in [0.4, 0.5) is 0 Å². The smallest absolute Gasteiger partial charge is 0.310 e. The molecule has 0 bridgehead atoms. The predicted molar refractivity (Wildman–Crippen MR) is 79.5 cm³/mol. The van der Waals surface area contributed by atoms with E-state index in [0.717, 1.165) is 12.8 Å². The van der Waals surface area contributed by atoms with Crippen molar-refractivity contribution in [1.82, 2.24) is 9.88 Å². The molecule has 1 saturated heterocycles. The van der Waals surface area contributed by atoms with E-state index < -0.39 is 0 Å². The average Bonchev–Trinajstić information content (AvgIpc) is 2.49. The number of nitrogens with zero attached hydrogens (tertiary/aromatic N) is 2. The van der Waals surface area contributed by atoms with Crippen molar-refractivity contribution in [3.05, 3.63) is 28.0 Å². The molecule has 0 spiro atoms. The van der Waals surface area contributed by atoms with E-state index in [-0.39, 0.29) is 33.7 Å². The second kappa shape index (κ2) is 7.09. The number of ether oxygens (including phenoxy) is 1. The molecule has 7 heteroatoms. The molecule has 2 rings (SSSR count). The summed E-state index contributed by atoms with van der Waals surface area (Å²) >= 11 is 11.8. The summed E-state index contributed by atoms with van der Waals surface area (Å²) in [5, 5.41) is 0.462. The van der Waals surface area contributed by atoms with E-state index >= 15 is 0 Å². The standard InChI is InChI=1S/C14H16Cl2N2O3/c1-2-21-14(20)9-4-3-7-18(8-9)13(19)12-10(15)5-6-11(16)17-12/h5-6,9H,2-4,7-8H2,1H3/t9-/m1/s1. The summed E-state index contributed by atoms with van der Waals surface area (Å²) in [5.74, 6) is -0.864. The van der Waals surface area contributed by atoms with Crippen LogP contribution in [0.3, 0.4) is 0 Å². The maximum absolute atomic E-state index is 12.5. The van der Waals surface area contributed by atoms with Crippen LogP contribution in [-0.4, -0.2) is 41.5 Å². The molecule has 0 saturated carbocycles. The summed E-state index contributed by atoms with van der Waals surface area (Å²) in [6.07, 6.45) is 1.47. The third-order valence-electron chi connectivity index (χ3n) is 3.34. The van der Waals surface area contributed by atoms with Crippen molar-refractivity contribution < 1.29 is 14.3 Å². The zero-order valence-electron chi connectivity index (χ0n) is 11.6. The lowest BCUT2D eigenvalue weighted by Crippen LogP contribution is -2.43. The zero-order chi connectivity index (χ0) is 15.4. The molecule has 0 aromatic carbocycles. The summed E-state index contributed by atoms with van der Waals surface area (Å²) in [5.41, 5.74) is 0.119. The van der Waals surface area contributed by atoms with Crippen molar-refractivity contribution in [2.24, 2.45) is 5.92 Å². The lowest BCUT2D eigenvalue weighted by Gasteiger charge is -2.31. The molecule has 1 amide bonds. The number of likely N-dealkylation sites (tertiary alicyclic amines) is 1. The SMILES string of the molecule is CCOC(=O)[C@@H]1CCCN(C(=O)c2nc(Cl)ccc2Cl)C1. The first kappa shape index (κ1) is 16.0. The zero-order valence-corrected chi connectivity index (χ0v) is 13.2. The van der Waals surface area contributed by atoms with Crippen molar-refractivity contribution in [2.75, 3.05) is 19.7 Å². The van der Waals surface area contributed by atoms with Gasteiger partial charge in [-0.25, -0.2) is 4.98 Å². The van der Waals surface area contributed by atoms with Gasteiger partial charge in [-0.1, -0.05) is 23.2 Å². The van der Waals surface area contributed by atoms with E-state index in [1.807, 2.05) is 0 Å². The Bertz CT molecular complexity index is 551. The lowest BCUT2D eigenvalue weighted by atomic mass is 9.98. The van der Waals surface area contributed by atoms with Crippen LogP contribution in [0.5, 0.6) is 0 Å². The molecule has 1 aromatic rings. The number of amides is 1. The molecule has 1 fully saturated rings. The van der Waals surface area contributed by atoms with Crippen LogP contribution < -0.4 is 0 Å². The molecular formula is C14H16Cl2N2O3. The van der Waals surface area contributed by atoms with Crippen LogP contribution in [-0.2, 0) is 9.53 Å². The number of carbonyl (C=O) groups excluding carboxylic acids is 2. The van der Waals surface area contributed by atoms with Gasteiger partial charge in [0.15, 0.2) is 0 Å². The molecule has 0 unspecified atom stereocenters. The van der Waals surface area contributed by atoms with Crippen molar-refractivity contribution in [2.45, 2.75) is 19.8 Å². The highest BCUT2D eigenvalue weighted by Crippen LogP contribution is 2.23. The fraction of sp³-hybridized carbons (Fsp3) is 0.500. The van der Waals surface area contributed by atoms with Crippen LogP contribution in [0.2, 0.25) is 10.2 Å². The predicted octanol–water partition coefficient (Wildman–Crippen LogP) is 2.80. The van der Waals surface area contributed by atoms with Crippen LogP contribution in [0.1, 0.15) is 30.3 Å². The normalized spacial score (nSPS) is 18.4. The van der Waals surface area contributed by atoms with Gasteiger partial charge in [-0.2, -0.15) is 0 Å². The largest absolute Gasteiger partial charge is 0.466 e. The van der Waals surface area contributed by atoms with Crippen molar-refractivity contribution in [3.8, 4) is 0 Å². The van der Waals surface area contributed by atoms with E-state index in [1.54, 1.807) is 11.8 Å². The minimum absolute atomic E-state index is 0.119. The van der Waals surface area contributed by atoms with Gasteiger partial charge < -0.3 is 9.64 Å². The van der Waals surface area contributed by atoms with Gasteiger partial charge in [0.05, 0.1) is 17.5 Å². The Hall–Kier alpha value is -1.33. The summed E-state index contributed by atoms with van der Waals surface area (Å²) < 4.78 is 5.02. The van der Waals surface area contributed by atoms with Gasteiger partial charge in [-0.05, 0) is 31.9 Å². The van der Waals surface area contributed by atoms with E-state index in [1.165, 1.54) is 12.1 Å². The Morgan fingerprint density at radius 3 is 2.90 bits per heavy atom. The number of pyridine rings is 1. The number of halogens is 2. The Morgan fingerprint density at radius 1 is 1.43 bits per heavy atom. The van der Waals surface area contributed by atoms with Crippen molar-refractivity contribution in [3.63, 3.8) is 0 Å². The highest BCUT2D eigenvalue weighted by Gasteiger charge is 2.31. The number of esters is 1. The third kappa shape index (κ3) is 3.86. The van der Waals surface area contributed by atoms with Gasteiger partial charge in [0.2, 0.25) is 0 Å². The van der Waals surface area contributed by atoms with Crippen LogP contribution in [0.25, 0.3) is 0 Å². The molecule has 2 heterocycles. The topological polar surface area (TPSA) is 59.5 Å². The number of aromatic nitrogens is 1. The highest BCUT2D eigenvalue weighted by molar-refractivity contribution is 6.34. The number of rotatable bonds is 3. The van der Waals surface area contributed by atoms with E-state index in [2.05, 4.69) is 4.98 Å². The van der Waals surface area contributed by atoms with Gasteiger partial charge in [-0.15, -0.1) is 0 Å². The van der Waals surface area contributed by atoms with E-state index in [9.17, 15) is 9.59 Å². The highest BCUT2D eigenvalue weighted by atomic mass is 35.5. The lowest BCUT2D eigenvalue weighted by molar-refractivity contribution is -0.149. The fourth-order valence-corrected chi connectivity index (χ4v) is 2.67. The Balaban J connectivity index is 2.12. The van der Waals surface area contributed by atoms with Gasteiger partial charge in [-0.3, -0.25) is 9.59 Å². The number of piperidine rings is 1. The monoisotopic (exact) mass is 330 g/mol. The van der Waals surface area contributed by atoms with Crippen molar-refractivity contribution >= 4 is 35.1 Å². The molecule has 5 nitrogen and oxygen atoms in total.